The lowest BCUT2D eigenvalue weighted by Crippen LogP contribution is -2.42. The normalized spacial score (nSPS) is 20.6. The van der Waals surface area contributed by atoms with Crippen molar-refractivity contribution in [2.75, 3.05) is 26.1 Å². The minimum atomic E-state index is -0.855. The van der Waals surface area contributed by atoms with Crippen LogP contribution in [0.2, 0.25) is 5.02 Å². The number of methoxy groups -OCH3 is 2. The first-order chi connectivity index (χ1) is 20.7. The SMILES string of the molecule is COC(=O)Cc1ccc2c(c1)NC(=O)[C@H](C)CCC[C@H](N1CCC(c3c(OC)ccc(Cl)c3F)OC1=O)c1ccnc-2c1. The predicted octanol–water partition coefficient (Wildman–Crippen LogP) is 6.65. The number of hydrogen-bond acceptors (Lipinski definition) is 7. The van der Waals surface area contributed by atoms with Gasteiger partial charge < -0.3 is 24.4 Å². The van der Waals surface area contributed by atoms with E-state index in [4.69, 9.17) is 25.8 Å². The van der Waals surface area contributed by atoms with Crippen molar-refractivity contribution in [1.29, 1.82) is 0 Å². The third-order valence-electron chi connectivity index (χ3n) is 8.05. The fraction of sp³-hybridized carbons (Fsp3) is 0.375. The van der Waals surface area contributed by atoms with Crippen LogP contribution in [0.15, 0.2) is 48.7 Å². The van der Waals surface area contributed by atoms with Gasteiger partial charge in [-0.3, -0.25) is 14.6 Å². The van der Waals surface area contributed by atoms with Crippen molar-refractivity contribution in [3.05, 3.63) is 76.2 Å². The average Bonchev–Trinajstić information content (AvgIpc) is 3.00. The standard InChI is InChI=1S/C32H33ClFN3O6/c1-18-5-4-6-25(37-14-12-27(43-32(37)40)29-26(41-2)10-9-22(33)30(29)34)20-11-13-35-23(17-20)21-8-7-19(16-28(38)42-3)15-24(21)36-31(18)39/h7-11,13,15,17-18,25,27H,4-6,12,14,16H2,1-3H3,(H,36,39)/t18-,25+,27?/m1/s1. The van der Waals surface area contributed by atoms with Crippen LogP contribution < -0.4 is 10.1 Å². The summed E-state index contributed by atoms with van der Waals surface area (Å²) in [6.07, 6.45) is 2.47. The summed E-state index contributed by atoms with van der Waals surface area (Å²) < 4.78 is 31.0. The van der Waals surface area contributed by atoms with E-state index < -0.39 is 18.0 Å². The lowest BCUT2D eigenvalue weighted by atomic mass is 9.93. The smallest absolute Gasteiger partial charge is 0.410 e. The number of pyridine rings is 1. The van der Waals surface area contributed by atoms with E-state index in [2.05, 4.69) is 10.3 Å². The Balaban J connectivity index is 1.48. The number of ether oxygens (including phenoxy) is 3. The van der Waals surface area contributed by atoms with Crippen molar-refractivity contribution >= 4 is 35.3 Å². The highest BCUT2D eigenvalue weighted by atomic mass is 35.5. The first-order valence-corrected chi connectivity index (χ1v) is 14.5. The maximum Gasteiger partial charge on any atom is 0.410 e. The number of fused-ring (bicyclic) bond motifs is 4. The van der Waals surface area contributed by atoms with Gasteiger partial charge >= 0.3 is 12.1 Å². The summed E-state index contributed by atoms with van der Waals surface area (Å²) >= 11 is 6.03. The van der Waals surface area contributed by atoms with Crippen molar-refractivity contribution in [3.63, 3.8) is 0 Å². The molecule has 2 aliphatic heterocycles. The van der Waals surface area contributed by atoms with Gasteiger partial charge in [0, 0.05) is 30.6 Å². The number of nitrogens with one attached hydrogen (secondary N) is 1. The van der Waals surface area contributed by atoms with Crippen molar-refractivity contribution in [2.24, 2.45) is 5.92 Å². The molecule has 1 fully saturated rings. The Morgan fingerprint density at radius 3 is 2.70 bits per heavy atom. The Labute approximate surface area is 254 Å². The first kappa shape index (κ1) is 30.3. The Bertz CT molecular complexity index is 1550. The van der Waals surface area contributed by atoms with E-state index >= 15 is 4.39 Å². The lowest BCUT2D eigenvalue weighted by Gasteiger charge is -2.38. The minimum absolute atomic E-state index is 0.0633. The van der Waals surface area contributed by atoms with Crippen LogP contribution in [0.5, 0.6) is 5.75 Å². The summed E-state index contributed by atoms with van der Waals surface area (Å²) in [6, 6.07) is 11.7. The number of benzene rings is 2. The molecule has 9 nitrogen and oxygen atoms in total. The number of amides is 2. The van der Waals surface area contributed by atoms with E-state index in [0.29, 0.717) is 54.7 Å². The third-order valence-corrected chi connectivity index (χ3v) is 8.34. The summed E-state index contributed by atoms with van der Waals surface area (Å²) in [6.45, 7) is 2.17. The number of cyclic esters (lactones) is 1. The fourth-order valence-electron chi connectivity index (χ4n) is 5.68. The molecule has 43 heavy (non-hydrogen) atoms. The number of aromatic nitrogens is 1. The monoisotopic (exact) mass is 609 g/mol. The summed E-state index contributed by atoms with van der Waals surface area (Å²) in [5.41, 5.74) is 3.49. The first-order valence-electron chi connectivity index (χ1n) is 14.2. The number of esters is 1. The van der Waals surface area contributed by atoms with E-state index in [1.165, 1.54) is 20.3 Å². The van der Waals surface area contributed by atoms with E-state index in [1.54, 1.807) is 29.3 Å². The summed E-state index contributed by atoms with van der Waals surface area (Å²) in [4.78, 5) is 44.8. The number of anilines is 1. The number of nitrogens with zero attached hydrogens (tertiary/aromatic N) is 2. The van der Waals surface area contributed by atoms with Gasteiger partial charge in [-0.1, -0.05) is 37.1 Å². The molecule has 1 unspecified atom stereocenters. The molecular weight excluding hydrogens is 577 g/mol. The van der Waals surface area contributed by atoms with Crippen molar-refractivity contribution < 1.29 is 33.0 Å². The van der Waals surface area contributed by atoms with Gasteiger partial charge in [-0.25, -0.2) is 9.18 Å². The van der Waals surface area contributed by atoms with Crippen LogP contribution in [0.1, 0.15) is 61.4 Å². The van der Waals surface area contributed by atoms with Crippen LogP contribution >= 0.6 is 11.6 Å². The molecular formula is C32H33ClFN3O6. The van der Waals surface area contributed by atoms with Crippen LogP contribution in [0.3, 0.4) is 0 Å². The van der Waals surface area contributed by atoms with E-state index in [0.717, 1.165) is 5.56 Å². The molecule has 2 aromatic carbocycles. The molecule has 11 heteroatoms. The maximum absolute atomic E-state index is 15.0. The van der Waals surface area contributed by atoms with Crippen molar-refractivity contribution in [3.8, 4) is 17.0 Å². The number of carbonyl (C=O) groups is 3. The second-order valence-electron chi connectivity index (χ2n) is 10.8. The Morgan fingerprint density at radius 2 is 1.95 bits per heavy atom. The van der Waals surface area contributed by atoms with Crippen LogP contribution in [0.4, 0.5) is 14.9 Å². The second-order valence-corrected chi connectivity index (χ2v) is 11.2. The minimum Gasteiger partial charge on any atom is -0.496 e. The molecule has 226 valence electrons. The molecule has 0 radical (unpaired) electrons. The molecule has 0 saturated carbocycles. The maximum atomic E-state index is 15.0. The van der Waals surface area contributed by atoms with Crippen molar-refractivity contribution in [1.82, 2.24) is 9.88 Å². The second kappa shape index (κ2) is 13.0. The average molecular weight is 610 g/mol. The Morgan fingerprint density at radius 1 is 1.14 bits per heavy atom. The highest BCUT2D eigenvalue weighted by molar-refractivity contribution is 6.30. The van der Waals surface area contributed by atoms with Gasteiger partial charge in [0.2, 0.25) is 5.91 Å². The highest BCUT2D eigenvalue weighted by Gasteiger charge is 2.37. The summed E-state index contributed by atoms with van der Waals surface area (Å²) in [5.74, 6) is -1.25. The van der Waals surface area contributed by atoms with Crippen LogP contribution in [0, 0.1) is 11.7 Å². The predicted molar refractivity (Wildman–Crippen MR) is 158 cm³/mol. The third kappa shape index (κ3) is 6.44. The van der Waals surface area contributed by atoms with E-state index in [1.807, 2.05) is 25.1 Å². The summed E-state index contributed by atoms with van der Waals surface area (Å²) in [5, 5.41) is 2.95. The molecule has 3 aromatic rings. The van der Waals surface area contributed by atoms with Crippen LogP contribution in [-0.2, 0) is 25.5 Å². The molecule has 3 atom stereocenters. The molecule has 2 amide bonds. The van der Waals surface area contributed by atoms with Gasteiger partial charge in [0.15, 0.2) is 5.82 Å². The topological polar surface area (TPSA) is 107 Å². The molecule has 0 aliphatic carbocycles. The van der Waals surface area contributed by atoms with Gasteiger partial charge in [-0.15, -0.1) is 0 Å². The van der Waals surface area contributed by atoms with Gasteiger partial charge in [0.25, 0.3) is 0 Å². The Kier molecular flexibility index (Phi) is 9.15. The zero-order valence-corrected chi connectivity index (χ0v) is 24.9. The molecule has 3 heterocycles. The zero-order valence-electron chi connectivity index (χ0n) is 24.2. The van der Waals surface area contributed by atoms with Gasteiger partial charge in [0.1, 0.15) is 11.9 Å². The molecule has 1 saturated heterocycles. The number of hydrogen-bond donors (Lipinski definition) is 1. The van der Waals surface area contributed by atoms with Gasteiger partial charge in [-0.2, -0.15) is 0 Å². The molecule has 1 aromatic heterocycles. The van der Waals surface area contributed by atoms with E-state index in [9.17, 15) is 14.4 Å². The van der Waals surface area contributed by atoms with E-state index in [-0.39, 0.29) is 46.6 Å². The fourth-order valence-corrected chi connectivity index (χ4v) is 5.85. The number of rotatable bonds is 5. The lowest BCUT2D eigenvalue weighted by molar-refractivity contribution is -0.139. The summed E-state index contributed by atoms with van der Waals surface area (Å²) in [7, 11) is 2.75. The van der Waals surface area contributed by atoms with Crippen LogP contribution in [0.25, 0.3) is 11.3 Å². The zero-order chi connectivity index (χ0) is 30.7. The van der Waals surface area contributed by atoms with Gasteiger partial charge in [0.05, 0.1) is 48.6 Å². The molecule has 1 N–H and O–H groups in total. The van der Waals surface area contributed by atoms with Crippen molar-refractivity contribution in [2.45, 2.75) is 51.2 Å². The largest absolute Gasteiger partial charge is 0.496 e. The highest BCUT2D eigenvalue weighted by Crippen LogP contribution is 2.41. The number of halogens is 2. The number of carbonyl (C=O) groups excluding carboxylic acids is 3. The Hall–Kier alpha value is -4.18. The quantitative estimate of drug-likeness (QED) is 0.323. The molecule has 0 spiro atoms. The van der Waals surface area contributed by atoms with Crippen LogP contribution in [-0.4, -0.2) is 48.6 Å². The molecule has 5 rings (SSSR count). The van der Waals surface area contributed by atoms with Gasteiger partial charge in [-0.05, 0) is 54.3 Å². The molecule has 2 bridgehead atoms. The molecule has 2 aliphatic rings.